The molecule has 2 atom stereocenters. The van der Waals surface area contributed by atoms with E-state index in [4.69, 9.17) is 16.3 Å². The number of ketones is 2. The smallest absolute Gasteiger partial charge is 0.415 e. The molecule has 2 saturated carbocycles. The van der Waals surface area contributed by atoms with E-state index in [1.54, 1.807) is 47.4 Å². The summed E-state index contributed by atoms with van der Waals surface area (Å²) in [7, 11) is 0. The van der Waals surface area contributed by atoms with Gasteiger partial charge in [-0.05, 0) is 86.1 Å². The number of benzene rings is 2. The van der Waals surface area contributed by atoms with Gasteiger partial charge in [-0.1, -0.05) is 62.1 Å². The van der Waals surface area contributed by atoms with Gasteiger partial charge in [0, 0.05) is 56.7 Å². The van der Waals surface area contributed by atoms with E-state index in [0.717, 1.165) is 68.6 Å². The number of halogens is 1. The van der Waals surface area contributed by atoms with Crippen LogP contribution < -0.4 is 29.5 Å². The standard InChI is InChI=1S/C22H23N3O3.C15H19N3O.C7H5ClO2/c26-20(11-8-15-6-7-15)18-9-10-19-21(23-18)25(16-12-13-24(19)14-16)22(27)28-17-4-2-1-3-5-17;19-14(6-3-10-1-2-10)12-4-5-13-15(17-12)16-11-7-8-18(13)9-11;8-7(9)10-6-4-2-1-3-5-6/h1-5,9-10,15-16H,6-8,11-14H2;4-5,10-11H,1-3,6-9H2,(H,16,17);1-5H/t16-;11-;/m00./s1. The molecule has 13 heteroatoms. The molecule has 0 spiro atoms. The van der Waals surface area contributed by atoms with E-state index in [-0.39, 0.29) is 17.6 Å². The summed E-state index contributed by atoms with van der Waals surface area (Å²) in [5.74, 6) is 4.19. The van der Waals surface area contributed by atoms with E-state index >= 15 is 0 Å². The topological polar surface area (TPSA) is 134 Å². The Kier molecular flexibility index (Phi) is 11.7. The van der Waals surface area contributed by atoms with Crippen molar-refractivity contribution in [3.05, 3.63) is 96.3 Å². The molecule has 0 radical (unpaired) electrons. The lowest BCUT2D eigenvalue weighted by Crippen LogP contribution is -2.47. The third-order valence-electron chi connectivity index (χ3n) is 11.3. The minimum atomic E-state index is -0.814. The molecular formula is C44H47ClN6O6. The summed E-state index contributed by atoms with van der Waals surface area (Å²) in [6.45, 7) is 3.82. The number of nitrogens with zero attached hydrogens (tertiary/aromatic N) is 5. The Hall–Kier alpha value is -5.49. The second-order valence-corrected chi connectivity index (χ2v) is 15.9. The third kappa shape index (κ3) is 9.73. The number of anilines is 4. The van der Waals surface area contributed by atoms with Crippen LogP contribution in [0.3, 0.4) is 0 Å². The number of amides is 1. The van der Waals surface area contributed by atoms with Crippen molar-refractivity contribution in [3.63, 3.8) is 0 Å². The van der Waals surface area contributed by atoms with Crippen molar-refractivity contribution in [1.29, 1.82) is 0 Å². The van der Waals surface area contributed by atoms with Crippen molar-refractivity contribution in [3.8, 4) is 11.5 Å². The van der Waals surface area contributed by atoms with Crippen molar-refractivity contribution >= 4 is 57.7 Å². The van der Waals surface area contributed by atoms with Gasteiger partial charge in [0.25, 0.3) is 0 Å². The molecule has 1 N–H and O–H groups in total. The molecule has 4 aromatic rings. The Labute approximate surface area is 337 Å². The van der Waals surface area contributed by atoms with Crippen LogP contribution in [0.25, 0.3) is 0 Å². The van der Waals surface area contributed by atoms with Gasteiger partial charge >= 0.3 is 11.5 Å². The summed E-state index contributed by atoms with van der Waals surface area (Å²) in [6.07, 6.45) is 9.85. The normalized spacial score (nSPS) is 19.4. The zero-order valence-electron chi connectivity index (χ0n) is 31.9. The largest absolute Gasteiger partial charge is 0.421 e. The summed E-state index contributed by atoms with van der Waals surface area (Å²) >= 11 is 4.95. The van der Waals surface area contributed by atoms with E-state index in [1.165, 1.54) is 32.1 Å². The fraction of sp³-hybridized carbons (Fsp3) is 0.409. The molecule has 2 saturated heterocycles. The van der Waals surface area contributed by atoms with Gasteiger partial charge in [0.1, 0.15) is 22.9 Å². The summed E-state index contributed by atoms with van der Waals surface area (Å²) in [5, 5.41) is 3.46. The maximum atomic E-state index is 13.0. The van der Waals surface area contributed by atoms with Gasteiger partial charge in [-0.3, -0.25) is 14.5 Å². The number of para-hydroxylation sites is 2. The van der Waals surface area contributed by atoms with E-state index in [0.29, 0.717) is 53.5 Å². The lowest BCUT2D eigenvalue weighted by atomic mass is 10.1. The number of fused-ring (bicyclic) bond motifs is 8. The number of hydrogen-bond acceptors (Lipinski definition) is 11. The van der Waals surface area contributed by atoms with Crippen LogP contribution in [-0.2, 0) is 0 Å². The molecule has 2 aromatic heterocycles. The number of carbonyl (C=O) groups excluding carboxylic acids is 4. The molecule has 6 heterocycles. The van der Waals surface area contributed by atoms with Crippen LogP contribution in [0.2, 0.25) is 0 Å². The first-order chi connectivity index (χ1) is 27.8. The molecule has 1 amide bonds. The summed E-state index contributed by atoms with van der Waals surface area (Å²) in [4.78, 5) is 63.3. The Bertz CT molecular complexity index is 2100. The molecular weight excluding hydrogens is 744 g/mol. The van der Waals surface area contributed by atoms with Crippen molar-refractivity contribution in [2.45, 2.75) is 76.3 Å². The number of carbonyl (C=O) groups is 4. The van der Waals surface area contributed by atoms with Crippen LogP contribution in [0.1, 0.15) is 85.2 Å². The molecule has 6 aliphatic rings. The Balaban J connectivity index is 0.000000135. The predicted octanol–water partition coefficient (Wildman–Crippen LogP) is 8.94. The number of Topliss-reactive ketones (excluding diaryl/α,β-unsaturated/α-hetero) is 2. The second-order valence-electron chi connectivity index (χ2n) is 15.6. The van der Waals surface area contributed by atoms with Crippen molar-refractivity contribution in [1.82, 2.24) is 9.97 Å². The highest BCUT2D eigenvalue weighted by atomic mass is 35.5. The molecule has 57 heavy (non-hydrogen) atoms. The lowest BCUT2D eigenvalue weighted by Gasteiger charge is -2.35. The molecule has 10 rings (SSSR count). The van der Waals surface area contributed by atoms with Gasteiger partial charge in [-0.25, -0.2) is 19.6 Å². The fourth-order valence-electron chi connectivity index (χ4n) is 7.82. The highest BCUT2D eigenvalue weighted by Gasteiger charge is 2.41. The average molecular weight is 791 g/mol. The molecule has 0 unspecified atom stereocenters. The Morgan fingerprint density at radius 1 is 0.649 bits per heavy atom. The first-order valence-corrected chi connectivity index (χ1v) is 20.5. The molecule has 2 aromatic carbocycles. The second kappa shape index (κ2) is 17.3. The minimum Gasteiger partial charge on any atom is -0.415 e. The molecule has 4 bridgehead atoms. The van der Waals surface area contributed by atoms with Gasteiger partial charge in [-0.15, -0.1) is 0 Å². The van der Waals surface area contributed by atoms with Gasteiger partial charge in [0.2, 0.25) is 0 Å². The summed E-state index contributed by atoms with van der Waals surface area (Å²) in [5.41, 5.74) is 2.32. The maximum Gasteiger partial charge on any atom is 0.421 e. The first kappa shape index (κ1) is 38.4. The lowest BCUT2D eigenvalue weighted by molar-refractivity contribution is 0.0965. The highest BCUT2D eigenvalue weighted by Crippen LogP contribution is 2.40. The van der Waals surface area contributed by atoms with E-state index in [1.807, 2.05) is 36.4 Å². The SMILES string of the molecule is O=C(CCC1CC1)c1ccc2c(n1)N(C(=O)Oc1ccccc1)[C@H]1CCN2C1.O=C(CCC1CC1)c1ccc2c(n1)N[C@H]1CCN2C1.O=C(Cl)Oc1ccccc1. The number of pyridine rings is 2. The highest BCUT2D eigenvalue weighted by molar-refractivity contribution is 6.61. The minimum absolute atomic E-state index is 0.0213. The van der Waals surface area contributed by atoms with Crippen LogP contribution in [0.4, 0.5) is 32.6 Å². The predicted molar refractivity (Wildman–Crippen MR) is 219 cm³/mol. The number of aromatic nitrogens is 2. The number of nitrogens with one attached hydrogen (secondary N) is 1. The quantitative estimate of drug-likeness (QED) is 0.122. The number of rotatable bonds is 10. The zero-order chi connectivity index (χ0) is 39.3. The zero-order valence-corrected chi connectivity index (χ0v) is 32.6. The average Bonchev–Trinajstić information content (AvgIpc) is 4.16. The van der Waals surface area contributed by atoms with Gasteiger partial charge in [0.05, 0.1) is 17.4 Å². The van der Waals surface area contributed by atoms with Gasteiger partial charge < -0.3 is 24.6 Å². The fourth-order valence-corrected chi connectivity index (χ4v) is 7.91. The van der Waals surface area contributed by atoms with Crippen LogP contribution in [0, 0.1) is 11.8 Å². The van der Waals surface area contributed by atoms with E-state index in [9.17, 15) is 19.2 Å². The van der Waals surface area contributed by atoms with Crippen LogP contribution >= 0.6 is 11.6 Å². The van der Waals surface area contributed by atoms with E-state index in [2.05, 4.69) is 35.9 Å². The van der Waals surface area contributed by atoms with E-state index < -0.39 is 11.5 Å². The third-order valence-corrected chi connectivity index (χ3v) is 11.4. The molecule has 12 nitrogen and oxygen atoms in total. The van der Waals surface area contributed by atoms with Crippen LogP contribution in [0.5, 0.6) is 11.5 Å². The van der Waals surface area contributed by atoms with Gasteiger partial charge in [0.15, 0.2) is 23.2 Å². The molecule has 296 valence electrons. The molecule has 2 aliphatic carbocycles. The maximum absolute atomic E-state index is 13.0. The summed E-state index contributed by atoms with van der Waals surface area (Å²) < 4.78 is 10.1. The monoisotopic (exact) mass is 790 g/mol. The van der Waals surface area contributed by atoms with Crippen molar-refractivity contribution in [2.24, 2.45) is 11.8 Å². The van der Waals surface area contributed by atoms with Crippen molar-refractivity contribution in [2.75, 3.05) is 46.2 Å². The molecule has 4 aliphatic heterocycles. The Morgan fingerprint density at radius 3 is 1.82 bits per heavy atom. The van der Waals surface area contributed by atoms with Crippen LogP contribution in [-0.4, -0.2) is 71.3 Å². The Morgan fingerprint density at radius 2 is 1.21 bits per heavy atom. The number of hydrogen-bond donors (Lipinski definition) is 1. The van der Waals surface area contributed by atoms with Crippen molar-refractivity contribution < 1.29 is 28.7 Å². The first-order valence-electron chi connectivity index (χ1n) is 20.1. The molecule has 4 fully saturated rings. The van der Waals surface area contributed by atoms with Crippen LogP contribution in [0.15, 0.2) is 84.9 Å². The number of ether oxygens (including phenoxy) is 2. The van der Waals surface area contributed by atoms with Gasteiger partial charge in [-0.2, -0.15) is 0 Å². The summed E-state index contributed by atoms with van der Waals surface area (Å²) in [6, 6.07) is 25.9.